The van der Waals surface area contributed by atoms with Crippen LogP contribution >= 0.6 is 23.7 Å². The third kappa shape index (κ3) is 6.38. The molecule has 0 aromatic heterocycles. The van der Waals surface area contributed by atoms with E-state index in [0.29, 0.717) is 0 Å². The van der Waals surface area contributed by atoms with Crippen molar-refractivity contribution in [3.05, 3.63) is 0 Å². The summed E-state index contributed by atoms with van der Waals surface area (Å²) in [6.45, 7) is 0. The van der Waals surface area contributed by atoms with Gasteiger partial charge in [-0.2, -0.15) is 0 Å². The summed E-state index contributed by atoms with van der Waals surface area (Å²) in [5.74, 6) is 0. The Balaban J connectivity index is 2.45. The zero-order chi connectivity index (χ0) is 5.54. The maximum absolute atomic E-state index is 4.41. The van der Waals surface area contributed by atoms with E-state index in [1.165, 1.54) is 0 Å². The zero-order valence-corrected chi connectivity index (χ0v) is 4.31. The summed E-state index contributed by atoms with van der Waals surface area (Å²) < 4.78 is 6.66. The summed E-state index contributed by atoms with van der Waals surface area (Å²) in [7, 11) is 0. The molecule has 0 saturated carbocycles. The minimum Gasteiger partial charge on any atom is -0.0868 e. The third-order valence-electron chi connectivity index (χ3n) is 0.107. The summed E-state index contributed by atoms with van der Waals surface area (Å²) in [5.41, 5.74) is 0. The highest BCUT2D eigenvalue weighted by molar-refractivity contribution is 6.06. The van der Waals surface area contributed by atoms with Crippen LogP contribution in [-0.2, 0) is 24.0 Å². The van der Waals surface area contributed by atoms with E-state index in [9.17, 15) is 0 Å². The van der Waals surface area contributed by atoms with Crippen molar-refractivity contribution in [2.75, 3.05) is 0 Å². The summed E-state index contributed by atoms with van der Waals surface area (Å²) >= 11 is 8.82. The minimum absolute atomic E-state index is 3.33. The van der Waals surface area contributed by atoms with Gasteiger partial charge < -0.3 is 0 Å². The van der Waals surface area contributed by atoms with Gasteiger partial charge in [0.05, 0.1) is 0 Å². The van der Waals surface area contributed by atoms with Gasteiger partial charge >= 0.3 is 0 Å². The Morgan fingerprint density at radius 3 is 1.43 bits per heavy atom. The molecule has 0 aliphatic heterocycles. The van der Waals surface area contributed by atoms with E-state index in [2.05, 4.69) is 47.7 Å². The molecule has 0 heterocycles. The SMILES string of the molecule is ClOOOOOCl. The first kappa shape index (κ1) is 7.38. The van der Waals surface area contributed by atoms with Gasteiger partial charge in [0, 0.05) is 0 Å². The normalized spacial score (nSPS) is 9.43. The van der Waals surface area contributed by atoms with Gasteiger partial charge in [-0.05, 0) is 15.1 Å². The number of rotatable bonds is 4. The maximum Gasteiger partial charge on any atom is 0.103 e. The van der Waals surface area contributed by atoms with Crippen molar-refractivity contribution in [1.29, 1.82) is 0 Å². The lowest BCUT2D eigenvalue weighted by Gasteiger charge is -1.87. The number of halogens is 2. The molecule has 0 amide bonds. The predicted octanol–water partition coefficient (Wildman–Crippen LogP) is 1.04. The van der Waals surface area contributed by atoms with Gasteiger partial charge in [0.2, 0.25) is 0 Å². The Bertz CT molecular complexity index is 25.3. The van der Waals surface area contributed by atoms with Gasteiger partial charge in [-0.15, -0.1) is 0 Å². The van der Waals surface area contributed by atoms with Crippen LogP contribution in [-0.4, -0.2) is 0 Å². The van der Waals surface area contributed by atoms with Gasteiger partial charge in [-0.3, -0.25) is 0 Å². The molecular weight excluding hydrogens is 151 g/mol. The molecule has 5 nitrogen and oxygen atoms in total. The molecular formula is Cl2O5. The van der Waals surface area contributed by atoms with Crippen LogP contribution in [0.3, 0.4) is 0 Å². The van der Waals surface area contributed by atoms with E-state index in [0.717, 1.165) is 0 Å². The fourth-order valence-corrected chi connectivity index (χ4v) is 0.0743. The highest BCUT2D eigenvalue weighted by Crippen LogP contribution is 1.88. The van der Waals surface area contributed by atoms with Gasteiger partial charge in [-0.25, -0.2) is 0 Å². The van der Waals surface area contributed by atoms with Crippen molar-refractivity contribution < 1.29 is 24.0 Å². The Labute approximate surface area is 48.6 Å². The average Bonchev–Trinajstić information content (AvgIpc) is 1.69. The molecule has 0 N–H and O–H groups in total. The summed E-state index contributed by atoms with van der Waals surface area (Å²) in [6.07, 6.45) is 0. The van der Waals surface area contributed by atoms with Crippen LogP contribution in [0.15, 0.2) is 0 Å². The van der Waals surface area contributed by atoms with E-state index >= 15 is 0 Å². The highest BCUT2D eigenvalue weighted by Gasteiger charge is 1.83. The maximum atomic E-state index is 4.41. The minimum atomic E-state index is 3.33. The molecule has 0 saturated heterocycles. The number of hydrogen-bond donors (Lipinski definition) is 0. The Kier molecular flexibility index (Phi) is 6.73. The van der Waals surface area contributed by atoms with Crippen LogP contribution in [0.5, 0.6) is 0 Å². The predicted molar refractivity (Wildman–Crippen MR) is 17.1 cm³/mol. The lowest BCUT2D eigenvalue weighted by Crippen LogP contribution is -1.88. The largest absolute Gasteiger partial charge is 0.103 e. The summed E-state index contributed by atoms with van der Waals surface area (Å²) in [6, 6.07) is 0. The van der Waals surface area contributed by atoms with E-state index in [-0.39, 0.29) is 0 Å². The van der Waals surface area contributed by atoms with Gasteiger partial charge in [0.15, 0.2) is 0 Å². The second-order valence-corrected chi connectivity index (χ2v) is 0.582. The molecule has 0 aromatic rings. The fraction of sp³-hybridized carbons (Fsp3) is 0. The lowest BCUT2D eigenvalue weighted by molar-refractivity contribution is -0.674. The topological polar surface area (TPSA) is 46.2 Å². The van der Waals surface area contributed by atoms with Crippen LogP contribution in [0, 0.1) is 0 Å². The second-order valence-electron chi connectivity index (χ2n) is 0.330. The van der Waals surface area contributed by atoms with Gasteiger partial charge in [0.1, 0.15) is 23.7 Å². The van der Waals surface area contributed by atoms with Gasteiger partial charge in [0.25, 0.3) is 0 Å². The standard InChI is InChI=1S/Cl2O5/c1-3-5-7-6-4-2. The Morgan fingerprint density at radius 2 is 1.14 bits per heavy atom. The molecule has 44 valence electrons. The molecule has 0 aliphatic carbocycles. The molecule has 0 bridgehead atoms. The summed E-state index contributed by atoms with van der Waals surface area (Å²) in [4.78, 5) is 0. The molecule has 0 aromatic carbocycles. The smallest absolute Gasteiger partial charge is 0.0868 e. The third-order valence-corrected chi connectivity index (χ3v) is 0.210. The molecule has 0 rings (SSSR count). The highest BCUT2D eigenvalue weighted by atomic mass is 35.5. The molecule has 0 atom stereocenters. The van der Waals surface area contributed by atoms with Crippen LogP contribution in [0.1, 0.15) is 0 Å². The van der Waals surface area contributed by atoms with Crippen molar-refractivity contribution in [2.45, 2.75) is 0 Å². The molecule has 7 heavy (non-hydrogen) atoms. The van der Waals surface area contributed by atoms with Gasteiger partial charge in [-0.1, -0.05) is 8.88 Å². The van der Waals surface area contributed by atoms with E-state index < -0.39 is 0 Å². The van der Waals surface area contributed by atoms with Crippen molar-refractivity contribution in [3.8, 4) is 0 Å². The Morgan fingerprint density at radius 1 is 0.714 bits per heavy atom. The van der Waals surface area contributed by atoms with Crippen molar-refractivity contribution in [3.63, 3.8) is 0 Å². The van der Waals surface area contributed by atoms with E-state index in [4.69, 9.17) is 0 Å². The molecule has 0 radical (unpaired) electrons. The van der Waals surface area contributed by atoms with Crippen LogP contribution in [0.2, 0.25) is 0 Å². The fourth-order valence-electron chi connectivity index (χ4n) is 0.0323. The van der Waals surface area contributed by atoms with E-state index in [1.807, 2.05) is 0 Å². The quantitative estimate of drug-likeness (QED) is 0.341. The first-order valence-electron chi connectivity index (χ1n) is 0.975. The molecule has 7 heteroatoms. The molecule has 0 fully saturated rings. The van der Waals surface area contributed by atoms with E-state index in [1.54, 1.807) is 0 Å². The molecule has 0 aliphatic rings. The molecule has 0 unspecified atom stereocenters. The van der Waals surface area contributed by atoms with Crippen LogP contribution < -0.4 is 0 Å². The van der Waals surface area contributed by atoms with Crippen LogP contribution in [0.25, 0.3) is 0 Å². The zero-order valence-electron chi connectivity index (χ0n) is 2.80. The van der Waals surface area contributed by atoms with Crippen molar-refractivity contribution in [1.82, 2.24) is 0 Å². The lowest BCUT2D eigenvalue weighted by atomic mass is 14.3. The molecule has 0 spiro atoms. The van der Waals surface area contributed by atoms with Crippen LogP contribution in [0.4, 0.5) is 0 Å². The Hall–Kier alpha value is 0.380. The van der Waals surface area contributed by atoms with Crippen molar-refractivity contribution >= 4 is 23.7 Å². The number of hydrogen-bond acceptors (Lipinski definition) is 5. The van der Waals surface area contributed by atoms with Crippen molar-refractivity contribution in [2.24, 2.45) is 0 Å². The average molecular weight is 151 g/mol. The second kappa shape index (κ2) is 6.38. The first-order chi connectivity index (χ1) is 3.41. The monoisotopic (exact) mass is 150 g/mol. The first-order valence-corrected chi connectivity index (χ1v) is 1.59. The summed E-state index contributed by atoms with van der Waals surface area (Å²) in [5, 5.41) is 10.2.